The van der Waals surface area contributed by atoms with Crippen molar-refractivity contribution in [1.82, 2.24) is 10.2 Å². The number of H-pyrrole nitrogens is 1. The van der Waals surface area contributed by atoms with Crippen LogP contribution in [0.3, 0.4) is 0 Å². The first kappa shape index (κ1) is 11.9. The molecular formula is C12H9ClN2O4. The van der Waals surface area contributed by atoms with Crippen molar-refractivity contribution in [1.29, 1.82) is 0 Å². The van der Waals surface area contributed by atoms with E-state index in [0.29, 0.717) is 41.0 Å². The van der Waals surface area contributed by atoms with E-state index in [2.05, 4.69) is 10.2 Å². The fraction of sp³-hybridized carbons (Fsp3) is 0.167. The van der Waals surface area contributed by atoms with Crippen LogP contribution in [0, 0.1) is 0 Å². The van der Waals surface area contributed by atoms with Crippen molar-refractivity contribution in [2.75, 3.05) is 13.2 Å². The van der Waals surface area contributed by atoms with Gasteiger partial charge in [0.2, 0.25) is 0 Å². The summed E-state index contributed by atoms with van der Waals surface area (Å²) in [6.07, 6.45) is 0. The Morgan fingerprint density at radius 3 is 2.74 bits per heavy atom. The maximum Gasteiger partial charge on any atom is 0.353 e. The molecule has 6 nitrogen and oxygen atoms in total. The largest absolute Gasteiger partial charge is 0.485 e. The van der Waals surface area contributed by atoms with Gasteiger partial charge in [-0.15, -0.1) is 0 Å². The summed E-state index contributed by atoms with van der Waals surface area (Å²) in [4.78, 5) is 10.8. The highest BCUT2D eigenvalue weighted by Gasteiger charge is 2.22. The number of nitrogens with one attached hydrogen (secondary N) is 1. The van der Waals surface area contributed by atoms with Crippen molar-refractivity contribution in [2.24, 2.45) is 0 Å². The van der Waals surface area contributed by atoms with Gasteiger partial charge >= 0.3 is 5.97 Å². The number of nitrogens with zero attached hydrogens (tertiary/aromatic N) is 1. The molecule has 0 aliphatic carbocycles. The van der Waals surface area contributed by atoms with Gasteiger partial charge < -0.3 is 14.6 Å². The molecule has 1 aliphatic heterocycles. The molecule has 0 atom stereocenters. The molecular weight excluding hydrogens is 272 g/mol. The van der Waals surface area contributed by atoms with Crippen molar-refractivity contribution in [2.45, 2.75) is 0 Å². The lowest BCUT2D eigenvalue weighted by Gasteiger charge is -2.21. The molecule has 1 aromatic carbocycles. The quantitative estimate of drug-likeness (QED) is 0.881. The molecule has 0 fully saturated rings. The first-order valence-electron chi connectivity index (χ1n) is 5.54. The van der Waals surface area contributed by atoms with E-state index in [1.165, 1.54) is 6.07 Å². The molecule has 1 aromatic heterocycles. The smallest absolute Gasteiger partial charge is 0.353 e. The fourth-order valence-electron chi connectivity index (χ4n) is 1.87. The lowest BCUT2D eigenvalue weighted by Crippen LogP contribution is -2.16. The molecule has 2 heterocycles. The maximum atomic E-state index is 10.8. The van der Waals surface area contributed by atoms with E-state index in [-0.39, 0.29) is 5.69 Å². The topological polar surface area (TPSA) is 84.4 Å². The van der Waals surface area contributed by atoms with Gasteiger partial charge in [0.25, 0.3) is 0 Å². The molecule has 0 amide bonds. The predicted molar refractivity (Wildman–Crippen MR) is 67.0 cm³/mol. The van der Waals surface area contributed by atoms with Crippen LogP contribution >= 0.6 is 11.6 Å². The van der Waals surface area contributed by atoms with Gasteiger partial charge in [-0.05, 0) is 18.2 Å². The van der Waals surface area contributed by atoms with Gasteiger partial charge in [-0.1, -0.05) is 11.6 Å². The highest BCUT2D eigenvalue weighted by molar-refractivity contribution is 6.32. The number of aromatic carboxylic acids is 1. The normalized spacial score (nSPS) is 13.3. The van der Waals surface area contributed by atoms with Gasteiger partial charge in [-0.3, -0.25) is 5.10 Å². The average molecular weight is 281 g/mol. The molecule has 0 saturated heterocycles. The van der Waals surface area contributed by atoms with Crippen molar-refractivity contribution in [3.8, 4) is 22.8 Å². The Balaban J connectivity index is 2.11. The number of aromatic nitrogens is 2. The predicted octanol–water partition coefficient (Wildman–Crippen LogP) is 2.20. The Bertz CT molecular complexity index is 653. The second kappa shape index (κ2) is 4.47. The third-order valence-corrected chi connectivity index (χ3v) is 3.02. The number of ether oxygens (including phenoxy) is 2. The van der Waals surface area contributed by atoms with Crippen molar-refractivity contribution in [3.63, 3.8) is 0 Å². The van der Waals surface area contributed by atoms with Crippen LogP contribution in [-0.4, -0.2) is 34.5 Å². The summed E-state index contributed by atoms with van der Waals surface area (Å²) in [5.74, 6) is -0.119. The van der Waals surface area contributed by atoms with Crippen LogP contribution in [0.4, 0.5) is 0 Å². The molecule has 3 rings (SSSR count). The number of halogens is 1. The molecule has 2 aromatic rings. The minimum atomic E-state index is -1.07. The van der Waals surface area contributed by atoms with Crippen molar-refractivity contribution in [3.05, 3.63) is 28.9 Å². The zero-order chi connectivity index (χ0) is 13.4. The zero-order valence-electron chi connectivity index (χ0n) is 9.64. The minimum absolute atomic E-state index is 0.00966. The first-order chi connectivity index (χ1) is 9.16. The minimum Gasteiger partial charge on any atom is -0.485 e. The molecule has 0 bridgehead atoms. The summed E-state index contributed by atoms with van der Waals surface area (Å²) in [7, 11) is 0. The van der Waals surface area contributed by atoms with Gasteiger partial charge in [-0.25, -0.2) is 4.79 Å². The maximum absolute atomic E-state index is 10.8. The van der Waals surface area contributed by atoms with E-state index in [1.54, 1.807) is 12.1 Å². The van der Waals surface area contributed by atoms with Crippen LogP contribution in [-0.2, 0) is 0 Å². The van der Waals surface area contributed by atoms with E-state index in [9.17, 15) is 4.79 Å². The monoisotopic (exact) mass is 280 g/mol. The zero-order valence-corrected chi connectivity index (χ0v) is 10.4. The Morgan fingerprint density at radius 1 is 1.32 bits per heavy atom. The summed E-state index contributed by atoms with van der Waals surface area (Å²) in [6.45, 7) is 0.841. The van der Waals surface area contributed by atoms with Gasteiger partial charge in [0.1, 0.15) is 18.9 Å². The van der Waals surface area contributed by atoms with Crippen molar-refractivity contribution < 1.29 is 19.4 Å². The van der Waals surface area contributed by atoms with E-state index >= 15 is 0 Å². The lowest BCUT2D eigenvalue weighted by molar-refractivity contribution is 0.0690. The van der Waals surface area contributed by atoms with Gasteiger partial charge in [-0.2, -0.15) is 5.10 Å². The Hall–Kier alpha value is -2.21. The standard InChI is InChI=1S/C12H9ClN2O4/c13-7-2-1-6(10-11(7)19-4-3-18-10)8-5-9(12(16)17)15-14-8/h1-2,5H,3-4H2,(H,14,15)(H,16,17). The van der Waals surface area contributed by atoms with Gasteiger partial charge in [0.05, 0.1) is 10.7 Å². The lowest BCUT2D eigenvalue weighted by atomic mass is 10.1. The molecule has 0 radical (unpaired) electrons. The van der Waals surface area contributed by atoms with E-state index in [1.807, 2.05) is 0 Å². The first-order valence-corrected chi connectivity index (χ1v) is 5.92. The van der Waals surface area contributed by atoms with Crippen LogP contribution in [0.15, 0.2) is 18.2 Å². The number of aromatic amines is 1. The molecule has 1 aliphatic rings. The Morgan fingerprint density at radius 2 is 2.05 bits per heavy atom. The van der Waals surface area contributed by atoms with Gasteiger partial charge in [0, 0.05) is 5.56 Å². The van der Waals surface area contributed by atoms with Crippen LogP contribution in [0.2, 0.25) is 5.02 Å². The van der Waals surface area contributed by atoms with Crippen LogP contribution in [0.1, 0.15) is 10.5 Å². The van der Waals surface area contributed by atoms with Gasteiger partial charge in [0.15, 0.2) is 11.5 Å². The molecule has 19 heavy (non-hydrogen) atoms. The van der Waals surface area contributed by atoms with E-state index in [4.69, 9.17) is 26.2 Å². The van der Waals surface area contributed by atoms with Crippen molar-refractivity contribution >= 4 is 17.6 Å². The number of hydrogen-bond acceptors (Lipinski definition) is 4. The number of carbonyl (C=O) groups is 1. The highest BCUT2D eigenvalue weighted by Crippen LogP contribution is 2.43. The summed E-state index contributed by atoms with van der Waals surface area (Å²) in [5, 5.41) is 15.7. The Kier molecular flexibility index (Phi) is 2.79. The number of carboxylic acids is 1. The van der Waals surface area contributed by atoms with Crippen LogP contribution in [0.5, 0.6) is 11.5 Å². The Labute approximate surface area is 112 Å². The molecule has 0 spiro atoms. The third kappa shape index (κ3) is 2.00. The highest BCUT2D eigenvalue weighted by atomic mass is 35.5. The molecule has 2 N–H and O–H groups in total. The number of hydrogen-bond donors (Lipinski definition) is 2. The van der Waals surface area contributed by atoms with E-state index in [0.717, 1.165) is 0 Å². The van der Waals surface area contributed by atoms with Crippen LogP contribution < -0.4 is 9.47 Å². The summed E-state index contributed by atoms with van der Waals surface area (Å²) in [6, 6.07) is 4.82. The van der Waals surface area contributed by atoms with E-state index < -0.39 is 5.97 Å². The fourth-order valence-corrected chi connectivity index (χ4v) is 2.08. The summed E-state index contributed by atoms with van der Waals surface area (Å²) < 4.78 is 11.0. The molecule has 0 saturated carbocycles. The molecule has 98 valence electrons. The summed E-state index contributed by atoms with van der Waals surface area (Å²) in [5.41, 5.74) is 1.12. The number of fused-ring (bicyclic) bond motifs is 1. The number of benzene rings is 1. The second-order valence-corrected chi connectivity index (χ2v) is 4.33. The number of rotatable bonds is 2. The summed E-state index contributed by atoms with van der Waals surface area (Å²) >= 11 is 6.03. The van der Waals surface area contributed by atoms with Crippen LogP contribution in [0.25, 0.3) is 11.3 Å². The molecule has 0 unspecified atom stereocenters. The number of carboxylic acid groups (broad SMARTS) is 1. The average Bonchev–Trinajstić information content (AvgIpc) is 2.89. The SMILES string of the molecule is O=C(O)c1cc(-c2ccc(Cl)c3c2OCCO3)n[nH]1. The second-order valence-electron chi connectivity index (χ2n) is 3.92. The third-order valence-electron chi connectivity index (χ3n) is 2.72. The molecule has 7 heteroatoms.